The Bertz CT molecular complexity index is 747. The molecule has 6 heteroatoms. The van der Waals surface area contributed by atoms with Gasteiger partial charge in [-0.3, -0.25) is 4.79 Å². The largest absolute Gasteiger partial charge is 0.357 e. The number of nitrogens with zero attached hydrogens (tertiary/aromatic N) is 4. The maximum absolute atomic E-state index is 12.4. The van der Waals surface area contributed by atoms with Gasteiger partial charge in [0.05, 0.1) is 11.6 Å². The summed E-state index contributed by atoms with van der Waals surface area (Å²) in [5, 5.41) is 11.7. The van der Waals surface area contributed by atoms with Gasteiger partial charge in [-0.15, -0.1) is 0 Å². The fourth-order valence-corrected chi connectivity index (χ4v) is 2.24. The first-order valence-corrected chi connectivity index (χ1v) is 7.49. The number of anilines is 2. The van der Waals surface area contributed by atoms with Gasteiger partial charge in [-0.2, -0.15) is 5.26 Å². The Hall–Kier alpha value is -2.94. The molecule has 0 atom stereocenters. The Morgan fingerprint density at radius 2 is 2.00 bits per heavy atom. The number of aryl methyl sites for hydroxylation is 1. The van der Waals surface area contributed by atoms with Crippen LogP contribution in [-0.4, -0.2) is 29.0 Å². The predicted octanol–water partition coefficient (Wildman–Crippen LogP) is 2.76. The highest BCUT2D eigenvalue weighted by atomic mass is 16.1. The van der Waals surface area contributed by atoms with Crippen LogP contribution in [0.1, 0.15) is 35.7 Å². The summed E-state index contributed by atoms with van der Waals surface area (Å²) in [6.07, 6.45) is 0. The lowest BCUT2D eigenvalue weighted by atomic mass is 10.2. The van der Waals surface area contributed by atoms with Crippen LogP contribution in [0.4, 0.5) is 11.5 Å². The number of amides is 1. The molecule has 0 spiro atoms. The summed E-state index contributed by atoms with van der Waals surface area (Å²) >= 11 is 0. The summed E-state index contributed by atoms with van der Waals surface area (Å²) in [5.41, 5.74) is 1.36. The summed E-state index contributed by atoms with van der Waals surface area (Å²) in [4.78, 5) is 23.1. The van der Waals surface area contributed by atoms with Crippen molar-refractivity contribution >= 4 is 17.4 Å². The van der Waals surface area contributed by atoms with E-state index in [-0.39, 0.29) is 5.91 Å². The average Bonchev–Trinajstić information content (AvgIpc) is 2.55. The third-order valence-electron chi connectivity index (χ3n) is 3.39. The van der Waals surface area contributed by atoms with Gasteiger partial charge in [-0.25, -0.2) is 9.97 Å². The minimum Gasteiger partial charge on any atom is -0.357 e. The predicted molar refractivity (Wildman–Crippen MR) is 89.4 cm³/mol. The number of nitriles is 1. The van der Waals surface area contributed by atoms with E-state index in [0.29, 0.717) is 22.8 Å². The number of hydrogen-bond acceptors (Lipinski definition) is 5. The van der Waals surface area contributed by atoms with E-state index in [0.717, 1.165) is 18.9 Å². The lowest BCUT2D eigenvalue weighted by molar-refractivity contribution is 0.102. The Kier molecular flexibility index (Phi) is 5.26. The van der Waals surface area contributed by atoms with Crippen molar-refractivity contribution in [3.05, 3.63) is 47.4 Å². The molecule has 0 saturated carbocycles. The standard InChI is InChI=1S/C17H19N5O/c1-4-22(5-2)16-10-15(19-12(3)20-16)17(23)21-14-8-6-7-13(9-14)11-18/h6-10H,4-5H2,1-3H3,(H,21,23). The van der Waals surface area contributed by atoms with Gasteiger partial charge in [0.2, 0.25) is 0 Å². The smallest absolute Gasteiger partial charge is 0.274 e. The highest BCUT2D eigenvalue weighted by molar-refractivity contribution is 6.03. The van der Waals surface area contributed by atoms with E-state index < -0.39 is 0 Å². The van der Waals surface area contributed by atoms with Crippen molar-refractivity contribution in [1.29, 1.82) is 5.26 Å². The topological polar surface area (TPSA) is 81.9 Å². The van der Waals surface area contributed by atoms with E-state index in [2.05, 4.69) is 20.2 Å². The quantitative estimate of drug-likeness (QED) is 0.918. The van der Waals surface area contributed by atoms with Crippen LogP contribution in [0.2, 0.25) is 0 Å². The monoisotopic (exact) mass is 309 g/mol. The molecule has 1 amide bonds. The third kappa shape index (κ3) is 4.04. The molecule has 0 fully saturated rings. The van der Waals surface area contributed by atoms with Gasteiger partial charge in [0, 0.05) is 24.8 Å². The van der Waals surface area contributed by atoms with Crippen molar-refractivity contribution in [2.75, 3.05) is 23.3 Å². The third-order valence-corrected chi connectivity index (χ3v) is 3.39. The van der Waals surface area contributed by atoms with E-state index in [1.807, 2.05) is 19.9 Å². The van der Waals surface area contributed by atoms with Gasteiger partial charge in [0.15, 0.2) is 0 Å². The number of carbonyl (C=O) groups is 1. The van der Waals surface area contributed by atoms with Crippen LogP contribution in [0.25, 0.3) is 0 Å². The van der Waals surface area contributed by atoms with Crippen molar-refractivity contribution in [3.8, 4) is 6.07 Å². The fraction of sp³-hybridized carbons (Fsp3) is 0.294. The molecule has 0 saturated heterocycles. The molecule has 0 radical (unpaired) electrons. The molecule has 0 unspecified atom stereocenters. The first kappa shape index (κ1) is 16.4. The molecule has 1 heterocycles. The number of benzene rings is 1. The lowest BCUT2D eigenvalue weighted by Crippen LogP contribution is -2.24. The molecular formula is C17H19N5O. The zero-order valence-corrected chi connectivity index (χ0v) is 13.5. The molecule has 0 aliphatic carbocycles. The minimum atomic E-state index is -0.320. The summed E-state index contributed by atoms with van der Waals surface area (Å²) in [5.74, 6) is 0.961. The summed E-state index contributed by atoms with van der Waals surface area (Å²) in [6, 6.07) is 10.5. The number of carbonyl (C=O) groups excluding carboxylic acids is 1. The zero-order chi connectivity index (χ0) is 16.8. The second-order valence-electron chi connectivity index (χ2n) is 4.98. The Morgan fingerprint density at radius 3 is 2.65 bits per heavy atom. The Balaban J connectivity index is 2.27. The summed E-state index contributed by atoms with van der Waals surface area (Å²) < 4.78 is 0. The summed E-state index contributed by atoms with van der Waals surface area (Å²) in [7, 11) is 0. The second-order valence-corrected chi connectivity index (χ2v) is 4.98. The van der Waals surface area contributed by atoms with Crippen molar-refractivity contribution in [3.63, 3.8) is 0 Å². The lowest BCUT2D eigenvalue weighted by Gasteiger charge is -2.20. The van der Waals surface area contributed by atoms with Gasteiger partial charge in [0.1, 0.15) is 17.3 Å². The maximum atomic E-state index is 12.4. The van der Waals surface area contributed by atoms with Crippen LogP contribution in [-0.2, 0) is 0 Å². The van der Waals surface area contributed by atoms with Gasteiger partial charge in [0.25, 0.3) is 5.91 Å². The van der Waals surface area contributed by atoms with Crippen LogP contribution in [0, 0.1) is 18.3 Å². The van der Waals surface area contributed by atoms with E-state index in [1.165, 1.54) is 0 Å². The molecule has 2 rings (SSSR count). The number of hydrogen-bond donors (Lipinski definition) is 1. The van der Waals surface area contributed by atoms with Crippen LogP contribution in [0.5, 0.6) is 0 Å². The molecule has 0 aliphatic rings. The zero-order valence-electron chi connectivity index (χ0n) is 13.5. The first-order valence-electron chi connectivity index (χ1n) is 7.49. The normalized spacial score (nSPS) is 10.0. The van der Waals surface area contributed by atoms with Crippen LogP contribution >= 0.6 is 0 Å². The highest BCUT2D eigenvalue weighted by Crippen LogP contribution is 2.15. The molecule has 6 nitrogen and oxygen atoms in total. The molecule has 118 valence electrons. The fourth-order valence-electron chi connectivity index (χ4n) is 2.24. The van der Waals surface area contributed by atoms with E-state index >= 15 is 0 Å². The molecular weight excluding hydrogens is 290 g/mol. The van der Waals surface area contributed by atoms with Crippen LogP contribution < -0.4 is 10.2 Å². The summed E-state index contributed by atoms with van der Waals surface area (Å²) in [6.45, 7) is 7.44. The molecule has 23 heavy (non-hydrogen) atoms. The van der Waals surface area contributed by atoms with Crippen molar-refractivity contribution in [2.24, 2.45) is 0 Å². The first-order chi connectivity index (χ1) is 11.1. The minimum absolute atomic E-state index is 0.307. The second kappa shape index (κ2) is 7.36. The van der Waals surface area contributed by atoms with E-state index in [1.54, 1.807) is 37.3 Å². The number of rotatable bonds is 5. The average molecular weight is 309 g/mol. The molecule has 2 aromatic rings. The van der Waals surface area contributed by atoms with Gasteiger partial charge in [-0.1, -0.05) is 6.07 Å². The Morgan fingerprint density at radius 1 is 1.26 bits per heavy atom. The number of aromatic nitrogens is 2. The van der Waals surface area contributed by atoms with Crippen LogP contribution in [0.15, 0.2) is 30.3 Å². The van der Waals surface area contributed by atoms with Gasteiger partial charge < -0.3 is 10.2 Å². The van der Waals surface area contributed by atoms with Crippen molar-refractivity contribution in [2.45, 2.75) is 20.8 Å². The highest BCUT2D eigenvalue weighted by Gasteiger charge is 2.13. The number of nitrogens with one attached hydrogen (secondary N) is 1. The molecule has 1 aromatic heterocycles. The molecule has 0 bridgehead atoms. The molecule has 1 aromatic carbocycles. The van der Waals surface area contributed by atoms with E-state index in [9.17, 15) is 4.79 Å². The Labute approximate surface area is 135 Å². The van der Waals surface area contributed by atoms with E-state index in [4.69, 9.17) is 5.26 Å². The van der Waals surface area contributed by atoms with Gasteiger partial charge >= 0.3 is 0 Å². The maximum Gasteiger partial charge on any atom is 0.274 e. The molecule has 0 aliphatic heterocycles. The van der Waals surface area contributed by atoms with Crippen molar-refractivity contribution in [1.82, 2.24) is 9.97 Å². The van der Waals surface area contributed by atoms with Gasteiger partial charge in [-0.05, 0) is 39.0 Å². The van der Waals surface area contributed by atoms with Crippen LogP contribution in [0.3, 0.4) is 0 Å². The van der Waals surface area contributed by atoms with Crippen molar-refractivity contribution < 1.29 is 4.79 Å². The SMILES string of the molecule is CCN(CC)c1cc(C(=O)Nc2cccc(C#N)c2)nc(C)n1. The molecule has 1 N–H and O–H groups in total.